The molecule has 0 unspecified atom stereocenters. The summed E-state index contributed by atoms with van der Waals surface area (Å²) in [6.07, 6.45) is 0.436. The molecule has 3 aromatic carbocycles. The number of para-hydroxylation sites is 1. The van der Waals surface area contributed by atoms with Crippen molar-refractivity contribution >= 4 is 17.5 Å². The Labute approximate surface area is 218 Å². The fourth-order valence-electron chi connectivity index (χ4n) is 4.32. The van der Waals surface area contributed by atoms with Crippen LogP contribution < -0.4 is 15.0 Å². The third-order valence-electron chi connectivity index (χ3n) is 6.16. The lowest BCUT2D eigenvalue weighted by Gasteiger charge is -2.36. The van der Waals surface area contributed by atoms with Crippen LogP contribution in [-0.4, -0.2) is 53.4 Å². The van der Waals surface area contributed by atoms with Crippen LogP contribution in [0.2, 0.25) is 0 Å². The molecule has 8 nitrogen and oxygen atoms in total. The van der Waals surface area contributed by atoms with Crippen molar-refractivity contribution in [1.82, 2.24) is 10.2 Å². The third-order valence-corrected chi connectivity index (χ3v) is 6.16. The summed E-state index contributed by atoms with van der Waals surface area (Å²) in [5.41, 5.74) is 4.48. The molecule has 1 aliphatic rings. The summed E-state index contributed by atoms with van der Waals surface area (Å²) in [6, 6.07) is 24.0. The molecule has 4 rings (SSSR count). The van der Waals surface area contributed by atoms with Crippen LogP contribution in [-0.2, 0) is 16.1 Å². The average Bonchev–Trinajstić information content (AvgIpc) is 2.92. The average molecular weight is 506 g/mol. The molecule has 0 aliphatic carbocycles. The Morgan fingerprint density at radius 3 is 2.05 bits per heavy atom. The van der Waals surface area contributed by atoms with Gasteiger partial charge < -0.3 is 19.9 Å². The monoisotopic (exact) mass is 505 g/mol. The maximum Gasteiger partial charge on any atom is 0.223 e. The molecule has 1 saturated heterocycles. The van der Waals surface area contributed by atoms with Gasteiger partial charge in [-0.05, 0) is 66.9 Å². The Morgan fingerprint density at radius 2 is 1.43 bits per heavy atom. The largest absolute Gasteiger partial charge is 0.457 e. The van der Waals surface area contributed by atoms with Crippen LogP contribution in [0.1, 0.15) is 29.5 Å². The Bertz CT molecular complexity index is 1120. The summed E-state index contributed by atoms with van der Waals surface area (Å²) >= 11 is 0. The van der Waals surface area contributed by atoms with Gasteiger partial charge in [-0.2, -0.15) is 0 Å². The summed E-state index contributed by atoms with van der Waals surface area (Å²) in [5, 5.41) is 14.9. The third kappa shape index (κ3) is 8.63. The van der Waals surface area contributed by atoms with Gasteiger partial charge in [0.05, 0.1) is 0 Å². The number of hydrogen-bond donors (Lipinski definition) is 3. The lowest BCUT2D eigenvalue weighted by Crippen LogP contribution is -2.48. The first-order valence-electron chi connectivity index (χ1n) is 12.4. The minimum atomic E-state index is -0.114. The van der Waals surface area contributed by atoms with Crippen molar-refractivity contribution in [3.8, 4) is 11.5 Å². The minimum Gasteiger partial charge on any atom is -0.457 e. The second-order valence-electron chi connectivity index (χ2n) is 9.05. The van der Waals surface area contributed by atoms with Crippen LogP contribution in [0.15, 0.2) is 72.8 Å². The molecule has 37 heavy (non-hydrogen) atoms. The Kier molecular flexibility index (Phi) is 10.5. The number of nitrogens with zero attached hydrogens (tertiary/aromatic N) is 2. The van der Waals surface area contributed by atoms with E-state index in [0.29, 0.717) is 19.6 Å². The van der Waals surface area contributed by atoms with E-state index in [9.17, 15) is 9.59 Å². The molecule has 2 amide bonds. The molecule has 0 atom stereocenters. The molecule has 8 heteroatoms. The van der Waals surface area contributed by atoms with Gasteiger partial charge in [-0.3, -0.25) is 20.1 Å². The first kappa shape index (κ1) is 27.7. The molecule has 3 aromatic rings. The summed E-state index contributed by atoms with van der Waals surface area (Å²) in [4.78, 5) is 29.0. The quantitative estimate of drug-likeness (QED) is 0.299. The minimum absolute atomic E-state index is 0.0424. The number of carbonyl (C=O) groups is 2. The van der Waals surface area contributed by atoms with E-state index in [1.54, 1.807) is 0 Å². The fraction of sp³-hybridized carbons (Fsp3) is 0.310. The number of hydrogen-bond acceptors (Lipinski definition) is 6. The van der Waals surface area contributed by atoms with Crippen molar-refractivity contribution < 1.29 is 24.8 Å². The number of aryl methyl sites for hydroxylation is 2. The smallest absolute Gasteiger partial charge is 0.223 e. The molecule has 0 radical (unpaired) electrons. The van der Waals surface area contributed by atoms with Crippen molar-refractivity contribution in [2.24, 2.45) is 0 Å². The number of benzene rings is 3. The highest BCUT2D eigenvalue weighted by molar-refractivity contribution is 5.84. The van der Waals surface area contributed by atoms with Gasteiger partial charge in [0.2, 0.25) is 11.8 Å². The zero-order valence-electron chi connectivity index (χ0n) is 21.4. The van der Waals surface area contributed by atoms with E-state index in [1.807, 2.05) is 73.3 Å². The van der Waals surface area contributed by atoms with Gasteiger partial charge in [-0.25, -0.2) is 0 Å². The zero-order chi connectivity index (χ0) is 26.6. The van der Waals surface area contributed by atoms with E-state index in [2.05, 4.69) is 28.4 Å². The fourth-order valence-corrected chi connectivity index (χ4v) is 4.32. The number of amides is 2. The lowest BCUT2D eigenvalue weighted by atomic mass is 10.1. The van der Waals surface area contributed by atoms with E-state index >= 15 is 0 Å². The highest BCUT2D eigenvalue weighted by Gasteiger charge is 2.21. The highest BCUT2D eigenvalue weighted by atomic mass is 17.0. The maximum absolute atomic E-state index is 12.6. The molecular formula is C29H35N3O5. The number of rotatable bonds is 8. The van der Waals surface area contributed by atoms with Crippen LogP contribution in [0.3, 0.4) is 0 Å². The van der Waals surface area contributed by atoms with Crippen LogP contribution in [0.4, 0.5) is 5.69 Å². The highest BCUT2D eigenvalue weighted by Crippen LogP contribution is 2.24. The molecule has 1 heterocycles. The molecular weight excluding hydrogens is 470 g/mol. The van der Waals surface area contributed by atoms with Crippen LogP contribution >= 0.6 is 0 Å². The second kappa shape index (κ2) is 14.0. The van der Waals surface area contributed by atoms with Crippen molar-refractivity contribution in [2.75, 3.05) is 31.1 Å². The molecule has 0 saturated carbocycles. The Balaban J connectivity index is 0.00000186. The molecule has 0 bridgehead atoms. The van der Waals surface area contributed by atoms with Gasteiger partial charge >= 0.3 is 0 Å². The van der Waals surface area contributed by atoms with Gasteiger partial charge in [-0.1, -0.05) is 36.4 Å². The SMILES string of the molecule is Cc1cc(C)cc(Oc2ccc(CNC(=O)CCC(=O)N3CCN(c4ccccc4)CC3)cc2)c1.OO. The molecule has 0 spiro atoms. The van der Waals surface area contributed by atoms with E-state index in [1.165, 1.54) is 5.69 Å². The van der Waals surface area contributed by atoms with Crippen LogP contribution in [0.5, 0.6) is 11.5 Å². The Morgan fingerprint density at radius 1 is 0.811 bits per heavy atom. The van der Waals surface area contributed by atoms with E-state index in [4.69, 9.17) is 15.3 Å². The predicted octanol–water partition coefficient (Wildman–Crippen LogP) is 4.86. The van der Waals surface area contributed by atoms with Gasteiger partial charge in [0.15, 0.2) is 0 Å². The number of carbonyl (C=O) groups excluding carboxylic acids is 2. The van der Waals surface area contributed by atoms with Crippen molar-refractivity contribution in [3.63, 3.8) is 0 Å². The second-order valence-corrected chi connectivity index (χ2v) is 9.05. The first-order valence-corrected chi connectivity index (χ1v) is 12.4. The first-order chi connectivity index (χ1) is 18.0. The van der Waals surface area contributed by atoms with Crippen LogP contribution in [0.25, 0.3) is 0 Å². The van der Waals surface area contributed by atoms with E-state index < -0.39 is 0 Å². The number of ether oxygens (including phenoxy) is 1. The topological polar surface area (TPSA) is 102 Å². The summed E-state index contributed by atoms with van der Waals surface area (Å²) in [7, 11) is 0. The Hall–Kier alpha value is -3.88. The van der Waals surface area contributed by atoms with Gasteiger partial charge in [0.1, 0.15) is 11.5 Å². The molecule has 3 N–H and O–H groups in total. The number of anilines is 1. The summed E-state index contributed by atoms with van der Waals surface area (Å²) in [6.45, 7) is 7.51. The molecule has 0 aromatic heterocycles. The van der Waals surface area contributed by atoms with Crippen molar-refractivity contribution in [1.29, 1.82) is 0 Å². The summed E-state index contributed by atoms with van der Waals surface area (Å²) < 4.78 is 5.94. The molecule has 1 aliphatic heterocycles. The van der Waals surface area contributed by atoms with E-state index in [-0.39, 0.29) is 24.7 Å². The number of nitrogens with one attached hydrogen (secondary N) is 1. The normalized spacial score (nSPS) is 12.9. The standard InChI is InChI=1S/C29H33N3O3.H2O2/c1-22-18-23(2)20-27(19-22)35-26-10-8-24(9-11-26)21-30-28(33)12-13-29(34)32-16-14-31(15-17-32)25-6-4-3-5-7-25;1-2/h3-11,18-20H,12-17,21H2,1-2H3,(H,30,33);1-2H. The zero-order valence-corrected chi connectivity index (χ0v) is 21.4. The van der Waals surface area contributed by atoms with Gasteiger partial charge in [0.25, 0.3) is 0 Å². The van der Waals surface area contributed by atoms with Crippen molar-refractivity contribution in [3.05, 3.63) is 89.5 Å². The van der Waals surface area contributed by atoms with Gasteiger partial charge in [-0.15, -0.1) is 0 Å². The number of piperazine rings is 1. The maximum atomic E-state index is 12.6. The predicted molar refractivity (Wildman–Crippen MR) is 144 cm³/mol. The summed E-state index contributed by atoms with van der Waals surface area (Å²) in [5.74, 6) is 1.50. The van der Waals surface area contributed by atoms with E-state index in [0.717, 1.165) is 41.3 Å². The molecule has 196 valence electrons. The van der Waals surface area contributed by atoms with Crippen molar-refractivity contribution in [2.45, 2.75) is 33.2 Å². The van der Waals surface area contributed by atoms with Gasteiger partial charge in [0, 0.05) is 51.3 Å². The lowest BCUT2D eigenvalue weighted by molar-refractivity contribution is -0.176. The molecule has 1 fully saturated rings. The van der Waals surface area contributed by atoms with Crippen LogP contribution in [0, 0.1) is 13.8 Å².